The number of hydrogen-bond acceptors (Lipinski definition) is 3. The molecular formula is C31H28FNO4. The van der Waals surface area contributed by atoms with Gasteiger partial charge in [-0.2, -0.15) is 0 Å². The van der Waals surface area contributed by atoms with Gasteiger partial charge in [-0.05, 0) is 47.7 Å². The number of aliphatic carboxylic acids is 1. The maximum atomic E-state index is 14.6. The Morgan fingerprint density at radius 1 is 1.08 bits per heavy atom. The number of ether oxygens (including phenoxy) is 1. The smallest absolute Gasteiger partial charge is 0.312 e. The lowest BCUT2D eigenvalue weighted by Gasteiger charge is -2.59. The second-order valence-corrected chi connectivity index (χ2v) is 10.4. The fourth-order valence-electron chi connectivity index (χ4n) is 7.58. The number of likely N-dealkylation sites (tertiary alicyclic amines) is 1. The first kappa shape index (κ1) is 23.5. The van der Waals surface area contributed by atoms with Crippen molar-refractivity contribution >= 4 is 17.4 Å². The Kier molecular flexibility index (Phi) is 5.26. The van der Waals surface area contributed by atoms with Crippen molar-refractivity contribution in [1.29, 1.82) is 0 Å². The van der Waals surface area contributed by atoms with Gasteiger partial charge in [0, 0.05) is 41.5 Å². The molecule has 7 rings (SSSR count). The highest BCUT2D eigenvalue weighted by Gasteiger charge is 2.70. The molecule has 2 fully saturated rings. The molecule has 6 heteroatoms. The SMILES string of the molecule is C=C(C(=O)N1C[C@H]2[C@@]3(c4cccc(F)c4)CC[C@@H](c4ccccc43)[C@@]2(C(=O)O)C1)c1ccccc1OC. The number of carboxylic acid groups (broad SMARTS) is 1. The van der Waals surface area contributed by atoms with Crippen LogP contribution >= 0.6 is 0 Å². The zero-order chi connectivity index (χ0) is 25.9. The molecule has 1 saturated heterocycles. The Balaban J connectivity index is 1.50. The summed E-state index contributed by atoms with van der Waals surface area (Å²) in [6, 6.07) is 21.7. The van der Waals surface area contributed by atoms with Gasteiger partial charge in [-0.15, -0.1) is 0 Å². The fourth-order valence-corrected chi connectivity index (χ4v) is 7.58. The number of benzene rings is 3. The monoisotopic (exact) mass is 497 g/mol. The summed E-state index contributed by atoms with van der Waals surface area (Å²) < 4.78 is 20.0. The number of hydrogen-bond donors (Lipinski definition) is 1. The van der Waals surface area contributed by atoms with Gasteiger partial charge >= 0.3 is 5.97 Å². The van der Waals surface area contributed by atoms with Crippen molar-refractivity contribution in [1.82, 2.24) is 4.90 Å². The second kappa shape index (κ2) is 8.30. The van der Waals surface area contributed by atoms with E-state index in [0.717, 1.165) is 16.7 Å². The van der Waals surface area contributed by atoms with Crippen LogP contribution in [0.25, 0.3) is 5.57 Å². The highest BCUT2D eigenvalue weighted by atomic mass is 19.1. The Bertz CT molecular complexity index is 1450. The zero-order valence-corrected chi connectivity index (χ0v) is 20.6. The molecule has 3 aromatic carbocycles. The molecule has 0 unspecified atom stereocenters. The van der Waals surface area contributed by atoms with Crippen molar-refractivity contribution in [3.63, 3.8) is 0 Å². The van der Waals surface area contributed by atoms with Crippen molar-refractivity contribution in [3.8, 4) is 5.75 Å². The van der Waals surface area contributed by atoms with Crippen LogP contribution in [-0.2, 0) is 15.0 Å². The van der Waals surface area contributed by atoms with Gasteiger partial charge in [0.25, 0.3) is 5.91 Å². The number of para-hydroxylation sites is 1. The summed E-state index contributed by atoms with van der Waals surface area (Å²) in [7, 11) is 1.54. The first-order valence-corrected chi connectivity index (χ1v) is 12.5. The van der Waals surface area contributed by atoms with E-state index in [4.69, 9.17) is 4.74 Å². The molecule has 1 aliphatic heterocycles. The van der Waals surface area contributed by atoms with E-state index < -0.39 is 22.7 Å². The maximum absolute atomic E-state index is 14.6. The molecule has 0 aromatic heterocycles. The van der Waals surface area contributed by atoms with Gasteiger partial charge in [0.15, 0.2) is 0 Å². The molecule has 4 atom stereocenters. The van der Waals surface area contributed by atoms with Crippen molar-refractivity contribution < 1.29 is 23.8 Å². The molecule has 1 heterocycles. The van der Waals surface area contributed by atoms with Crippen LogP contribution in [0, 0.1) is 17.2 Å². The number of halogens is 1. The molecule has 0 spiro atoms. The standard InChI is InChI=1S/C31H28FNO4/c1-19(22-10-4-6-13-26(22)37-2)28(34)33-17-27-30(20-8-7-9-21(32)16-20)15-14-25(31(27,18-33)29(35)36)23-11-3-5-12-24(23)30/h3-13,16,25,27H,1,14-15,17-18H2,2H3,(H,35,36)/t25-,27-,30+,31-/m0/s1. The number of fused-ring (bicyclic) bond motifs is 1. The largest absolute Gasteiger partial charge is 0.496 e. The third-order valence-corrected chi connectivity index (χ3v) is 9.05. The summed E-state index contributed by atoms with van der Waals surface area (Å²) in [5.41, 5.74) is 1.77. The quantitative estimate of drug-likeness (QED) is 0.489. The highest BCUT2D eigenvalue weighted by Crippen LogP contribution is 2.69. The van der Waals surface area contributed by atoms with Crippen LogP contribution in [-0.4, -0.2) is 42.1 Å². The Hall–Kier alpha value is -3.93. The number of amides is 1. The molecule has 2 bridgehead atoms. The molecule has 37 heavy (non-hydrogen) atoms. The lowest BCUT2D eigenvalue weighted by molar-refractivity contribution is -0.157. The summed E-state index contributed by atoms with van der Waals surface area (Å²) in [4.78, 5) is 28.7. The predicted octanol–water partition coefficient (Wildman–Crippen LogP) is 5.25. The van der Waals surface area contributed by atoms with Gasteiger partial charge in [-0.1, -0.05) is 61.2 Å². The number of carboxylic acids is 1. The van der Waals surface area contributed by atoms with E-state index in [1.54, 1.807) is 23.1 Å². The molecular weight excluding hydrogens is 469 g/mol. The molecule has 188 valence electrons. The average molecular weight is 498 g/mol. The Labute approximate surface area is 215 Å². The van der Waals surface area contributed by atoms with Crippen LogP contribution in [0.4, 0.5) is 4.39 Å². The summed E-state index contributed by atoms with van der Waals surface area (Å²) >= 11 is 0. The zero-order valence-electron chi connectivity index (χ0n) is 20.6. The third-order valence-electron chi connectivity index (χ3n) is 9.05. The molecule has 4 aliphatic rings. The minimum absolute atomic E-state index is 0.0794. The topological polar surface area (TPSA) is 66.8 Å². The minimum atomic E-state index is -1.18. The van der Waals surface area contributed by atoms with Gasteiger partial charge in [0.05, 0.1) is 12.5 Å². The predicted molar refractivity (Wildman–Crippen MR) is 138 cm³/mol. The molecule has 1 amide bonds. The molecule has 5 nitrogen and oxygen atoms in total. The summed E-state index contributed by atoms with van der Waals surface area (Å²) in [6.45, 7) is 4.41. The molecule has 1 saturated carbocycles. The van der Waals surface area contributed by atoms with E-state index in [-0.39, 0.29) is 36.3 Å². The third kappa shape index (κ3) is 3.08. The Morgan fingerprint density at radius 3 is 2.59 bits per heavy atom. The first-order valence-electron chi connectivity index (χ1n) is 12.5. The molecule has 0 radical (unpaired) electrons. The van der Waals surface area contributed by atoms with Crippen molar-refractivity contribution in [3.05, 3.63) is 107 Å². The Morgan fingerprint density at radius 2 is 1.84 bits per heavy atom. The van der Waals surface area contributed by atoms with E-state index in [9.17, 15) is 19.1 Å². The molecule has 3 aromatic rings. The second-order valence-electron chi connectivity index (χ2n) is 10.4. The summed E-state index contributed by atoms with van der Waals surface area (Å²) in [6.07, 6.45) is 1.36. The maximum Gasteiger partial charge on any atom is 0.312 e. The van der Waals surface area contributed by atoms with Gasteiger partial charge < -0.3 is 14.7 Å². The van der Waals surface area contributed by atoms with Gasteiger partial charge in [0.2, 0.25) is 0 Å². The van der Waals surface area contributed by atoms with Crippen LogP contribution in [0.3, 0.4) is 0 Å². The number of carbonyl (C=O) groups is 2. The van der Waals surface area contributed by atoms with Crippen LogP contribution in [0.15, 0.2) is 79.4 Å². The minimum Gasteiger partial charge on any atom is -0.496 e. The number of methoxy groups -OCH3 is 1. The first-order chi connectivity index (χ1) is 17.8. The van der Waals surface area contributed by atoms with Crippen molar-refractivity contribution in [2.75, 3.05) is 20.2 Å². The van der Waals surface area contributed by atoms with E-state index in [2.05, 4.69) is 12.6 Å². The van der Waals surface area contributed by atoms with Gasteiger partial charge in [0.1, 0.15) is 11.6 Å². The molecule has 1 N–H and O–H groups in total. The van der Waals surface area contributed by atoms with E-state index in [1.807, 2.05) is 36.4 Å². The van der Waals surface area contributed by atoms with E-state index in [0.29, 0.717) is 24.2 Å². The molecule has 3 aliphatic carbocycles. The highest BCUT2D eigenvalue weighted by molar-refractivity contribution is 6.19. The lowest BCUT2D eigenvalue weighted by Crippen LogP contribution is -2.60. The van der Waals surface area contributed by atoms with Crippen molar-refractivity contribution in [2.45, 2.75) is 24.2 Å². The van der Waals surface area contributed by atoms with E-state index >= 15 is 0 Å². The van der Waals surface area contributed by atoms with Crippen LogP contribution in [0.5, 0.6) is 5.75 Å². The van der Waals surface area contributed by atoms with Gasteiger partial charge in [-0.3, -0.25) is 9.59 Å². The number of rotatable bonds is 5. The van der Waals surface area contributed by atoms with Crippen LogP contribution in [0.2, 0.25) is 0 Å². The number of carbonyl (C=O) groups excluding carboxylic acids is 1. The average Bonchev–Trinajstić information content (AvgIpc) is 3.36. The van der Waals surface area contributed by atoms with Gasteiger partial charge in [-0.25, -0.2) is 4.39 Å². The summed E-state index contributed by atoms with van der Waals surface area (Å²) in [5.74, 6) is -1.68. The van der Waals surface area contributed by atoms with Crippen LogP contribution < -0.4 is 4.74 Å². The fraction of sp³-hybridized carbons (Fsp3) is 0.290. The van der Waals surface area contributed by atoms with E-state index in [1.165, 1.54) is 19.2 Å². The van der Waals surface area contributed by atoms with Crippen LogP contribution in [0.1, 0.15) is 41.0 Å². The number of nitrogens with zero attached hydrogens (tertiary/aromatic N) is 1. The van der Waals surface area contributed by atoms with Crippen molar-refractivity contribution in [2.24, 2.45) is 11.3 Å². The normalized spacial score (nSPS) is 27.4. The lowest BCUT2D eigenvalue weighted by atomic mass is 9.42. The summed E-state index contributed by atoms with van der Waals surface area (Å²) in [5, 5.41) is 10.8.